The van der Waals surface area contributed by atoms with Crippen LogP contribution in [0.5, 0.6) is 11.5 Å². The highest BCUT2D eigenvalue weighted by Gasteiger charge is 2.12. The van der Waals surface area contributed by atoms with E-state index in [1.165, 1.54) is 0 Å². The van der Waals surface area contributed by atoms with Crippen molar-refractivity contribution in [3.63, 3.8) is 0 Å². The van der Waals surface area contributed by atoms with Gasteiger partial charge in [0.05, 0.1) is 23.2 Å². The number of nitrogens with one attached hydrogen (secondary N) is 1. The number of nitrogens with zero attached hydrogens (tertiary/aromatic N) is 1. The predicted octanol–water partition coefficient (Wildman–Crippen LogP) is 4.91. The molecule has 1 aromatic heterocycles. The molecule has 4 rings (SSSR count). The van der Waals surface area contributed by atoms with Gasteiger partial charge in [0, 0.05) is 5.56 Å². The first-order chi connectivity index (χ1) is 14.1. The predicted molar refractivity (Wildman–Crippen MR) is 110 cm³/mol. The summed E-state index contributed by atoms with van der Waals surface area (Å²) >= 11 is 0. The number of carboxylic acids is 1. The van der Waals surface area contributed by atoms with Gasteiger partial charge in [0.15, 0.2) is 11.5 Å². The highest BCUT2D eigenvalue weighted by molar-refractivity contribution is 5.93. The van der Waals surface area contributed by atoms with Gasteiger partial charge in [0.1, 0.15) is 12.4 Å². The lowest BCUT2D eigenvalue weighted by Gasteiger charge is -2.13. The number of aromatic carboxylic acids is 1. The fraction of sp³-hybridized carbons (Fsp3) is 0.130. The van der Waals surface area contributed by atoms with Crippen molar-refractivity contribution in [2.24, 2.45) is 0 Å². The molecule has 0 saturated heterocycles. The van der Waals surface area contributed by atoms with E-state index < -0.39 is 5.97 Å². The van der Waals surface area contributed by atoms with Crippen molar-refractivity contribution in [3.05, 3.63) is 77.9 Å². The quantitative estimate of drug-likeness (QED) is 0.470. The fourth-order valence-electron chi connectivity index (χ4n) is 3.06. The Bertz CT molecular complexity index is 1150. The number of imidazole rings is 1. The minimum absolute atomic E-state index is 0.215. The summed E-state index contributed by atoms with van der Waals surface area (Å²) in [4.78, 5) is 18.9. The number of carboxylic acid groups (broad SMARTS) is 1. The summed E-state index contributed by atoms with van der Waals surface area (Å²) < 4.78 is 11.7. The molecule has 29 heavy (non-hydrogen) atoms. The molecule has 6 heteroatoms. The zero-order chi connectivity index (χ0) is 20.2. The van der Waals surface area contributed by atoms with Crippen molar-refractivity contribution in [3.8, 4) is 22.9 Å². The molecule has 0 unspecified atom stereocenters. The smallest absolute Gasteiger partial charge is 0.335 e. The van der Waals surface area contributed by atoms with Crippen LogP contribution in [-0.2, 0) is 6.61 Å². The molecular weight excluding hydrogens is 368 g/mol. The maximum atomic E-state index is 11.2. The van der Waals surface area contributed by atoms with E-state index in [4.69, 9.17) is 14.6 Å². The molecule has 3 aromatic carbocycles. The number of aromatic amines is 1. The number of H-pyrrole nitrogens is 1. The molecule has 2 N–H and O–H groups in total. The van der Waals surface area contributed by atoms with Gasteiger partial charge in [-0.1, -0.05) is 30.3 Å². The molecule has 6 nitrogen and oxygen atoms in total. The molecule has 0 radical (unpaired) electrons. The number of benzene rings is 3. The number of fused-ring (bicyclic) bond motifs is 1. The van der Waals surface area contributed by atoms with Crippen molar-refractivity contribution in [2.45, 2.75) is 13.5 Å². The van der Waals surface area contributed by atoms with Crippen molar-refractivity contribution in [1.82, 2.24) is 9.97 Å². The zero-order valence-corrected chi connectivity index (χ0v) is 15.9. The van der Waals surface area contributed by atoms with Crippen LogP contribution in [-0.4, -0.2) is 27.7 Å². The van der Waals surface area contributed by atoms with Gasteiger partial charge >= 0.3 is 5.97 Å². The summed E-state index contributed by atoms with van der Waals surface area (Å²) in [6.45, 7) is 2.87. The topological polar surface area (TPSA) is 84.4 Å². The number of hydrogen-bond donors (Lipinski definition) is 2. The van der Waals surface area contributed by atoms with Crippen LogP contribution in [0.25, 0.3) is 22.4 Å². The summed E-state index contributed by atoms with van der Waals surface area (Å²) in [6.07, 6.45) is 0. The van der Waals surface area contributed by atoms with Crippen LogP contribution in [0.4, 0.5) is 0 Å². The van der Waals surface area contributed by atoms with Gasteiger partial charge in [0.25, 0.3) is 0 Å². The maximum absolute atomic E-state index is 11.2. The van der Waals surface area contributed by atoms with E-state index in [-0.39, 0.29) is 5.56 Å². The van der Waals surface area contributed by atoms with Crippen LogP contribution < -0.4 is 9.47 Å². The lowest BCUT2D eigenvalue weighted by Crippen LogP contribution is -2.00. The summed E-state index contributed by atoms with van der Waals surface area (Å²) in [5.41, 5.74) is 3.49. The lowest BCUT2D eigenvalue weighted by molar-refractivity contribution is 0.0697. The summed E-state index contributed by atoms with van der Waals surface area (Å²) in [5.74, 6) is 0.955. The SMILES string of the molecule is CCOc1cc(-c2nc3ccc(C(=O)O)cc3[nH]2)ccc1OCc1ccccc1. The van der Waals surface area contributed by atoms with Crippen LogP contribution in [0.3, 0.4) is 0 Å². The molecule has 0 fully saturated rings. The van der Waals surface area contributed by atoms with Gasteiger partial charge in [-0.15, -0.1) is 0 Å². The van der Waals surface area contributed by atoms with E-state index in [9.17, 15) is 4.79 Å². The van der Waals surface area contributed by atoms with Crippen LogP contribution in [0.1, 0.15) is 22.8 Å². The average Bonchev–Trinajstić information content (AvgIpc) is 3.17. The normalized spacial score (nSPS) is 10.8. The first kappa shape index (κ1) is 18.6. The third kappa shape index (κ3) is 4.06. The molecule has 0 saturated carbocycles. The Morgan fingerprint density at radius 1 is 1.00 bits per heavy atom. The molecular formula is C23H20N2O4. The number of hydrogen-bond acceptors (Lipinski definition) is 4. The third-order valence-corrected chi connectivity index (χ3v) is 4.48. The number of carbonyl (C=O) groups is 1. The summed E-state index contributed by atoms with van der Waals surface area (Å²) in [7, 11) is 0. The van der Waals surface area contributed by atoms with Crippen LogP contribution in [0.2, 0.25) is 0 Å². The minimum Gasteiger partial charge on any atom is -0.490 e. The van der Waals surface area contributed by atoms with Crippen molar-refractivity contribution < 1.29 is 19.4 Å². The van der Waals surface area contributed by atoms with Gasteiger partial charge in [0.2, 0.25) is 0 Å². The minimum atomic E-state index is -0.971. The summed E-state index contributed by atoms with van der Waals surface area (Å²) in [5, 5.41) is 9.16. The molecule has 4 aromatic rings. The molecule has 0 aliphatic carbocycles. The monoisotopic (exact) mass is 388 g/mol. The average molecular weight is 388 g/mol. The van der Waals surface area contributed by atoms with E-state index >= 15 is 0 Å². The van der Waals surface area contributed by atoms with Gasteiger partial charge in [-0.05, 0) is 48.9 Å². The number of ether oxygens (including phenoxy) is 2. The second-order valence-corrected chi connectivity index (χ2v) is 6.49. The largest absolute Gasteiger partial charge is 0.490 e. The van der Waals surface area contributed by atoms with Gasteiger partial charge in [-0.3, -0.25) is 0 Å². The molecule has 0 aliphatic heterocycles. The number of rotatable bonds is 7. The Morgan fingerprint density at radius 2 is 1.83 bits per heavy atom. The van der Waals surface area contributed by atoms with E-state index in [0.717, 1.165) is 11.1 Å². The van der Waals surface area contributed by atoms with Gasteiger partial charge < -0.3 is 19.6 Å². The van der Waals surface area contributed by atoms with Gasteiger partial charge in [-0.2, -0.15) is 0 Å². The Morgan fingerprint density at radius 3 is 2.59 bits per heavy atom. The molecule has 0 spiro atoms. The van der Waals surface area contributed by atoms with Crippen molar-refractivity contribution in [1.29, 1.82) is 0 Å². The van der Waals surface area contributed by atoms with E-state index in [0.29, 0.717) is 41.6 Å². The highest BCUT2D eigenvalue weighted by Crippen LogP contribution is 2.33. The third-order valence-electron chi connectivity index (χ3n) is 4.48. The standard InChI is InChI=1S/C23H20N2O4/c1-2-28-21-13-16(9-11-20(21)29-14-15-6-4-3-5-7-15)22-24-18-10-8-17(23(26)27)12-19(18)25-22/h3-13H,2,14H2,1H3,(H,24,25)(H,26,27). The first-order valence-electron chi connectivity index (χ1n) is 9.31. The van der Waals surface area contributed by atoms with E-state index in [1.807, 2.05) is 55.5 Å². The second-order valence-electron chi connectivity index (χ2n) is 6.49. The first-order valence-corrected chi connectivity index (χ1v) is 9.31. The number of aromatic nitrogens is 2. The van der Waals surface area contributed by atoms with Crippen LogP contribution >= 0.6 is 0 Å². The zero-order valence-electron chi connectivity index (χ0n) is 15.9. The molecule has 146 valence electrons. The molecule has 0 atom stereocenters. The highest BCUT2D eigenvalue weighted by atomic mass is 16.5. The fourth-order valence-corrected chi connectivity index (χ4v) is 3.06. The second kappa shape index (κ2) is 8.06. The Hall–Kier alpha value is -3.80. The molecule has 1 heterocycles. The summed E-state index contributed by atoms with van der Waals surface area (Å²) in [6, 6.07) is 20.4. The van der Waals surface area contributed by atoms with Crippen molar-refractivity contribution in [2.75, 3.05) is 6.61 Å². The molecule has 0 aliphatic rings. The van der Waals surface area contributed by atoms with Gasteiger partial charge in [-0.25, -0.2) is 9.78 Å². The Labute approximate surface area is 167 Å². The Kier molecular flexibility index (Phi) is 5.16. The Balaban J connectivity index is 1.63. The molecule has 0 bridgehead atoms. The maximum Gasteiger partial charge on any atom is 0.335 e. The van der Waals surface area contributed by atoms with E-state index in [1.54, 1.807) is 18.2 Å². The van der Waals surface area contributed by atoms with Crippen LogP contribution in [0, 0.1) is 0 Å². The molecule has 0 amide bonds. The van der Waals surface area contributed by atoms with Crippen molar-refractivity contribution >= 4 is 17.0 Å². The van der Waals surface area contributed by atoms with E-state index in [2.05, 4.69) is 9.97 Å². The van der Waals surface area contributed by atoms with Crippen LogP contribution in [0.15, 0.2) is 66.7 Å². The lowest BCUT2D eigenvalue weighted by atomic mass is 10.2.